The van der Waals surface area contributed by atoms with E-state index < -0.39 is 31.0 Å². The number of rotatable bonds is 8. The monoisotopic (exact) mass is 382 g/mol. The van der Waals surface area contributed by atoms with E-state index in [0.29, 0.717) is 6.42 Å². The first-order valence-electron chi connectivity index (χ1n) is 6.62. The minimum absolute atomic E-state index is 0.126. The highest BCUT2D eigenvalue weighted by molar-refractivity contribution is 9.09. The molecule has 0 heterocycles. The molecule has 7 heteroatoms. The van der Waals surface area contributed by atoms with Crippen LogP contribution in [0.4, 0.5) is 13.2 Å². The molecule has 1 rings (SSSR count). The van der Waals surface area contributed by atoms with E-state index in [1.807, 2.05) is 30.3 Å². The first kappa shape index (κ1) is 19.0. The number of ether oxygens (including phenoxy) is 2. The summed E-state index contributed by atoms with van der Waals surface area (Å²) in [7, 11) is 0. The molecule has 0 spiro atoms. The van der Waals surface area contributed by atoms with Crippen LogP contribution in [0.1, 0.15) is 30.7 Å². The molecular weight excluding hydrogens is 365 g/mol. The van der Waals surface area contributed by atoms with Gasteiger partial charge in [-0.05, 0) is 25.8 Å². The van der Waals surface area contributed by atoms with Gasteiger partial charge in [0.2, 0.25) is 0 Å². The maximum Gasteiger partial charge on any atom is 0.391 e. The molecule has 0 radical (unpaired) electrons. The molecule has 0 saturated carbocycles. The van der Waals surface area contributed by atoms with Crippen molar-refractivity contribution in [2.75, 3.05) is 13.5 Å². The van der Waals surface area contributed by atoms with Gasteiger partial charge in [0.05, 0.1) is 5.41 Å². The van der Waals surface area contributed by atoms with Gasteiger partial charge in [-0.15, -0.1) is 0 Å². The van der Waals surface area contributed by atoms with Crippen molar-refractivity contribution < 1.29 is 27.4 Å². The smallest absolute Gasteiger partial charge is 0.391 e. The lowest BCUT2D eigenvalue weighted by Gasteiger charge is -2.26. The maximum absolute atomic E-state index is 13.0. The summed E-state index contributed by atoms with van der Waals surface area (Å²) in [5, 5.41) is 0. The Balaban J connectivity index is 2.59. The summed E-state index contributed by atoms with van der Waals surface area (Å²) in [6, 6.07) is 9.39. The van der Waals surface area contributed by atoms with Gasteiger partial charge in [0, 0.05) is 4.83 Å². The Bertz CT molecular complexity index is 480. The predicted molar refractivity (Wildman–Crippen MR) is 79.5 cm³/mol. The minimum Gasteiger partial charge on any atom is -0.456 e. The minimum atomic E-state index is -3.83. The van der Waals surface area contributed by atoms with E-state index in [9.17, 15) is 18.0 Å². The van der Waals surface area contributed by atoms with Crippen LogP contribution >= 0.6 is 15.9 Å². The van der Waals surface area contributed by atoms with Gasteiger partial charge in [-0.2, -0.15) is 8.78 Å². The van der Waals surface area contributed by atoms with Gasteiger partial charge in [0.25, 0.3) is 0 Å². The third-order valence-electron chi connectivity index (χ3n) is 3.04. The Morgan fingerprint density at radius 2 is 1.86 bits per heavy atom. The Labute approximate surface area is 135 Å². The fourth-order valence-corrected chi connectivity index (χ4v) is 2.89. The van der Waals surface area contributed by atoms with Crippen molar-refractivity contribution in [3.8, 4) is 0 Å². The standard InChI is InChI=1S/C15H18BrF3O3/c1-14(2,8-12(16)11-6-4-3-5-7-11)13(20)21-9-15(18,19)22-10-17/h3-7,12H,8-10H2,1-2H3. The number of halogens is 4. The molecule has 0 aliphatic carbocycles. The topological polar surface area (TPSA) is 35.5 Å². The number of esters is 1. The molecule has 0 N–H and O–H groups in total. The van der Waals surface area contributed by atoms with E-state index in [2.05, 4.69) is 25.4 Å². The van der Waals surface area contributed by atoms with Crippen molar-refractivity contribution in [1.29, 1.82) is 0 Å². The summed E-state index contributed by atoms with van der Waals surface area (Å²) in [5.74, 6) is -0.796. The van der Waals surface area contributed by atoms with Crippen LogP contribution in [-0.4, -0.2) is 25.5 Å². The van der Waals surface area contributed by atoms with Crippen molar-refractivity contribution >= 4 is 21.9 Å². The number of carbonyl (C=O) groups is 1. The second-order valence-corrected chi connectivity index (χ2v) is 6.54. The largest absolute Gasteiger partial charge is 0.456 e. The second kappa shape index (κ2) is 7.97. The molecule has 1 aromatic rings. The molecular formula is C15H18BrF3O3. The van der Waals surface area contributed by atoms with E-state index in [1.54, 1.807) is 13.8 Å². The van der Waals surface area contributed by atoms with Gasteiger partial charge < -0.3 is 4.74 Å². The number of hydrogen-bond acceptors (Lipinski definition) is 3. The van der Waals surface area contributed by atoms with E-state index in [1.165, 1.54) is 0 Å². The van der Waals surface area contributed by atoms with Gasteiger partial charge in [0.15, 0.2) is 13.5 Å². The predicted octanol–water partition coefficient (Wildman–Crippen LogP) is 4.62. The summed E-state index contributed by atoms with van der Waals surface area (Å²) in [6.45, 7) is 0.240. The van der Waals surface area contributed by atoms with Crippen LogP contribution in [0.25, 0.3) is 0 Å². The highest BCUT2D eigenvalue weighted by Crippen LogP contribution is 2.36. The number of alkyl halides is 4. The number of benzene rings is 1. The second-order valence-electron chi connectivity index (χ2n) is 5.43. The maximum atomic E-state index is 13.0. The van der Waals surface area contributed by atoms with Crippen molar-refractivity contribution in [2.45, 2.75) is 31.2 Å². The lowest BCUT2D eigenvalue weighted by Crippen LogP contribution is -2.34. The molecule has 0 fully saturated rings. The fourth-order valence-electron chi connectivity index (χ4n) is 1.78. The fraction of sp³-hybridized carbons (Fsp3) is 0.533. The molecule has 124 valence electrons. The summed E-state index contributed by atoms with van der Waals surface area (Å²) in [6.07, 6.45) is -3.47. The van der Waals surface area contributed by atoms with Gasteiger partial charge in [-0.25, -0.2) is 4.39 Å². The normalized spacial score (nSPS) is 13.7. The summed E-state index contributed by atoms with van der Waals surface area (Å²) in [4.78, 5) is 11.8. The number of carbonyl (C=O) groups excluding carboxylic acids is 1. The van der Waals surface area contributed by atoms with Crippen LogP contribution in [0.3, 0.4) is 0 Å². The Hall–Kier alpha value is -1.08. The van der Waals surface area contributed by atoms with Crippen molar-refractivity contribution in [2.24, 2.45) is 5.41 Å². The average molecular weight is 383 g/mol. The zero-order chi connectivity index (χ0) is 16.8. The molecule has 0 aromatic heterocycles. The molecule has 0 saturated heterocycles. The Morgan fingerprint density at radius 1 is 1.27 bits per heavy atom. The average Bonchev–Trinajstić information content (AvgIpc) is 2.45. The van der Waals surface area contributed by atoms with Gasteiger partial charge in [0.1, 0.15) is 0 Å². The van der Waals surface area contributed by atoms with Crippen molar-refractivity contribution in [3.63, 3.8) is 0 Å². The molecule has 0 amide bonds. The Kier molecular flexibility index (Phi) is 6.87. The van der Waals surface area contributed by atoms with Crippen LogP contribution in [0, 0.1) is 5.41 Å². The molecule has 1 aromatic carbocycles. The van der Waals surface area contributed by atoms with E-state index in [-0.39, 0.29) is 4.83 Å². The number of hydrogen-bond donors (Lipinski definition) is 0. The van der Waals surface area contributed by atoms with Gasteiger partial charge >= 0.3 is 12.1 Å². The highest BCUT2D eigenvalue weighted by atomic mass is 79.9. The van der Waals surface area contributed by atoms with Gasteiger partial charge in [-0.3, -0.25) is 9.53 Å². The van der Waals surface area contributed by atoms with Crippen LogP contribution in [0.5, 0.6) is 0 Å². The lowest BCUT2D eigenvalue weighted by molar-refractivity contribution is -0.276. The molecule has 1 unspecified atom stereocenters. The lowest BCUT2D eigenvalue weighted by atomic mass is 9.86. The third-order valence-corrected chi connectivity index (χ3v) is 3.89. The molecule has 22 heavy (non-hydrogen) atoms. The van der Waals surface area contributed by atoms with Crippen molar-refractivity contribution in [1.82, 2.24) is 0 Å². The van der Waals surface area contributed by atoms with Gasteiger partial charge in [-0.1, -0.05) is 46.3 Å². The Morgan fingerprint density at radius 3 is 2.41 bits per heavy atom. The van der Waals surface area contributed by atoms with E-state index >= 15 is 0 Å². The zero-order valence-corrected chi connectivity index (χ0v) is 13.9. The summed E-state index contributed by atoms with van der Waals surface area (Å²) >= 11 is 3.48. The first-order valence-corrected chi connectivity index (χ1v) is 7.53. The zero-order valence-electron chi connectivity index (χ0n) is 12.3. The van der Waals surface area contributed by atoms with Crippen LogP contribution in [-0.2, 0) is 14.3 Å². The summed E-state index contributed by atoms with van der Waals surface area (Å²) in [5.41, 5.74) is -0.0232. The van der Waals surface area contributed by atoms with Crippen LogP contribution < -0.4 is 0 Å². The first-order chi connectivity index (χ1) is 10.2. The van der Waals surface area contributed by atoms with E-state index in [0.717, 1.165) is 5.56 Å². The molecule has 1 atom stereocenters. The van der Waals surface area contributed by atoms with Crippen molar-refractivity contribution in [3.05, 3.63) is 35.9 Å². The van der Waals surface area contributed by atoms with Crippen LogP contribution in [0.15, 0.2) is 30.3 Å². The summed E-state index contributed by atoms with van der Waals surface area (Å²) < 4.78 is 45.8. The highest BCUT2D eigenvalue weighted by Gasteiger charge is 2.37. The quantitative estimate of drug-likeness (QED) is 0.486. The van der Waals surface area contributed by atoms with E-state index in [4.69, 9.17) is 0 Å². The molecule has 0 bridgehead atoms. The SMILES string of the molecule is CC(C)(CC(Br)c1ccccc1)C(=O)OCC(F)(F)OCF. The molecule has 3 nitrogen and oxygen atoms in total. The third kappa shape index (κ3) is 5.96. The van der Waals surface area contributed by atoms with Crippen LogP contribution in [0.2, 0.25) is 0 Å². The molecule has 0 aliphatic rings. The molecule has 0 aliphatic heterocycles.